The first-order valence-corrected chi connectivity index (χ1v) is 6.63. The van der Waals surface area contributed by atoms with Crippen LogP contribution in [-0.4, -0.2) is 51.3 Å². The topological polar surface area (TPSA) is 67.6 Å². The number of aromatic nitrogens is 2. The molecule has 0 bridgehead atoms. The molecule has 0 amide bonds. The fraction of sp³-hybridized carbons (Fsp3) is 0.667. The summed E-state index contributed by atoms with van der Waals surface area (Å²) in [6.45, 7) is 4.03. The third-order valence-electron chi connectivity index (χ3n) is 3.62. The fourth-order valence-electron chi connectivity index (χ4n) is 2.36. The van der Waals surface area contributed by atoms with Crippen LogP contribution in [0.4, 0.5) is 0 Å². The Morgan fingerprint density at radius 1 is 1.68 bits per heavy atom. The number of hydrogen-bond acceptors (Lipinski definition) is 4. The normalized spacial score (nSPS) is 23.2. The quantitative estimate of drug-likeness (QED) is 0.875. The zero-order valence-electron chi connectivity index (χ0n) is 11.0. The van der Waals surface area contributed by atoms with Gasteiger partial charge >= 0.3 is 5.97 Å². The highest BCUT2D eigenvalue weighted by molar-refractivity contribution is 6.29. The van der Waals surface area contributed by atoms with Crippen LogP contribution >= 0.6 is 11.6 Å². The van der Waals surface area contributed by atoms with Gasteiger partial charge in [-0.2, -0.15) is 0 Å². The van der Waals surface area contributed by atoms with Crippen LogP contribution in [-0.2, 0) is 23.1 Å². The van der Waals surface area contributed by atoms with Gasteiger partial charge in [-0.1, -0.05) is 18.5 Å². The molecule has 106 valence electrons. The van der Waals surface area contributed by atoms with Gasteiger partial charge in [-0.05, 0) is 6.54 Å². The Labute approximate surface area is 116 Å². The standard InChI is InChI=1S/C12H18ClN3O3/c1-3-16(5-11-14-4-10(13)15(11)2)9-7-19-6-8(9)12(17)18/h4,8-9H,3,5-7H2,1-2H3,(H,17,18). The van der Waals surface area contributed by atoms with Gasteiger partial charge in [-0.15, -0.1) is 0 Å². The molecule has 1 N–H and O–H groups in total. The number of carboxylic acid groups (broad SMARTS) is 1. The highest BCUT2D eigenvalue weighted by Crippen LogP contribution is 2.22. The summed E-state index contributed by atoms with van der Waals surface area (Å²) < 4.78 is 7.11. The molecule has 2 heterocycles. The van der Waals surface area contributed by atoms with Crippen LogP contribution < -0.4 is 0 Å². The molecule has 2 atom stereocenters. The number of rotatable bonds is 5. The minimum absolute atomic E-state index is 0.113. The van der Waals surface area contributed by atoms with Crippen LogP contribution in [0.1, 0.15) is 12.7 Å². The molecule has 0 spiro atoms. The van der Waals surface area contributed by atoms with Crippen LogP contribution in [0.5, 0.6) is 0 Å². The third kappa shape index (κ3) is 2.91. The maximum Gasteiger partial charge on any atom is 0.310 e. The van der Waals surface area contributed by atoms with Gasteiger partial charge in [0.2, 0.25) is 0 Å². The number of carbonyl (C=O) groups is 1. The van der Waals surface area contributed by atoms with E-state index in [9.17, 15) is 9.90 Å². The van der Waals surface area contributed by atoms with Crippen LogP contribution in [0.2, 0.25) is 5.15 Å². The minimum Gasteiger partial charge on any atom is -0.481 e. The molecule has 0 aliphatic carbocycles. The van der Waals surface area contributed by atoms with Crippen molar-refractivity contribution in [3.05, 3.63) is 17.2 Å². The summed E-state index contributed by atoms with van der Waals surface area (Å²) in [4.78, 5) is 17.5. The summed E-state index contributed by atoms with van der Waals surface area (Å²) >= 11 is 5.96. The van der Waals surface area contributed by atoms with Crippen molar-refractivity contribution in [2.75, 3.05) is 19.8 Å². The van der Waals surface area contributed by atoms with Gasteiger partial charge in [0.1, 0.15) is 11.0 Å². The van der Waals surface area contributed by atoms with E-state index in [0.29, 0.717) is 18.3 Å². The van der Waals surface area contributed by atoms with E-state index < -0.39 is 11.9 Å². The number of likely N-dealkylation sites (N-methyl/N-ethyl adjacent to an activating group) is 1. The number of ether oxygens (including phenoxy) is 1. The van der Waals surface area contributed by atoms with E-state index in [1.807, 2.05) is 14.0 Å². The number of imidazole rings is 1. The van der Waals surface area contributed by atoms with Gasteiger partial charge in [0, 0.05) is 13.1 Å². The van der Waals surface area contributed by atoms with Gasteiger partial charge in [-0.3, -0.25) is 9.69 Å². The Morgan fingerprint density at radius 3 is 2.95 bits per heavy atom. The summed E-state index contributed by atoms with van der Waals surface area (Å²) in [6, 6.07) is -0.113. The summed E-state index contributed by atoms with van der Waals surface area (Å²) in [5, 5.41) is 9.78. The van der Waals surface area contributed by atoms with E-state index >= 15 is 0 Å². The molecular weight excluding hydrogens is 270 g/mol. The van der Waals surface area contributed by atoms with Crippen molar-refractivity contribution in [1.29, 1.82) is 0 Å². The average molecular weight is 288 g/mol. The number of aliphatic carboxylic acids is 1. The predicted octanol–water partition coefficient (Wildman–Crippen LogP) is 0.995. The molecule has 1 saturated heterocycles. The van der Waals surface area contributed by atoms with Crippen LogP contribution in [0, 0.1) is 5.92 Å². The number of nitrogens with zero attached hydrogens (tertiary/aromatic N) is 3. The highest BCUT2D eigenvalue weighted by Gasteiger charge is 2.37. The van der Waals surface area contributed by atoms with Crippen LogP contribution in [0.25, 0.3) is 0 Å². The predicted molar refractivity (Wildman–Crippen MR) is 70.0 cm³/mol. The van der Waals surface area contributed by atoms with Gasteiger partial charge < -0.3 is 14.4 Å². The number of hydrogen-bond donors (Lipinski definition) is 1. The maximum atomic E-state index is 11.2. The van der Waals surface area contributed by atoms with Crippen molar-refractivity contribution in [2.24, 2.45) is 13.0 Å². The maximum absolute atomic E-state index is 11.2. The Hall–Kier alpha value is -1.11. The lowest BCUT2D eigenvalue weighted by Gasteiger charge is -2.28. The van der Waals surface area contributed by atoms with E-state index in [1.54, 1.807) is 10.8 Å². The molecule has 7 heteroatoms. The van der Waals surface area contributed by atoms with E-state index in [2.05, 4.69) is 9.88 Å². The van der Waals surface area contributed by atoms with Crippen molar-refractivity contribution in [2.45, 2.75) is 19.5 Å². The molecule has 1 aromatic heterocycles. The highest BCUT2D eigenvalue weighted by atomic mass is 35.5. The Balaban J connectivity index is 2.12. The van der Waals surface area contributed by atoms with Crippen LogP contribution in [0.15, 0.2) is 6.20 Å². The van der Waals surface area contributed by atoms with E-state index in [1.165, 1.54) is 0 Å². The van der Waals surface area contributed by atoms with Gasteiger partial charge in [0.05, 0.1) is 31.9 Å². The molecule has 1 aromatic rings. The van der Waals surface area contributed by atoms with Crippen molar-refractivity contribution < 1.29 is 14.6 Å². The van der Waals surface area contributed by atoms with Gasteiger partial charge in [0.15, 0.2) is 0 Å². The van der Waals surface area contributed by atoms with E-state index in [0.717, 1.165) is 12.4 Å². The first-order valence-electron chi connectivity index (χ1n) is 6.25. The first-order chi connectivity index (χ1) is 9.04. The number of halogens is 1. The Morgan fingerprint density at radius 2 is 2.42 bits per heavy atom. The van der Waals surface area contributed by atoms with Crippen LogP contribution in [0.3, 0.4) is 0 Å². The molecule has 19 heavy (non-hydrogen) atoms. The molecule has 1 fully saturated rings. The molecule has 6 nitrogen and oxygen atoms in total. The molecular formula is C12H18ClN3O3. The first kappa shape index (κ1) is 14.3. The molecule has 0 aromatic carbocycles. The second-order valence-corrected chi connectivity index (χ2v) is 5.06. The lowest BCUT2D eigenvalue weighted by molar-refractivity contribution is -0.143. The molecule has 1 aliphatic heterocycles. The van der Waals surface area contributed by atoms with Gasteiger partial charge in [0.25, 0.3) is 0 Å². The number of carboxylic acids is 1. The average Bonchev–Trinajstić information content (AvgIpc) is 2.97. The molecule has 0 saturated carbocycles. The zero-order chi connectivity index (χ0) is 14.0. The molecule has 0 radical (unpaired) electrons. The van der Waals surface area contributed by atoms with Crippen molar-refractivity contribution in [3.8, 4) is 0 Å². The smallest absolute Gasteiger partial charge is 0.310 e. The minimum atomic E-state index is -0.807. The molecule has 1 aliphatic rings. The second kappa shape index (κ2) is 5.90. The summed E-state index contributed by atoms with van der Waals surface area (Å²) in [5.41, 5.74) is 0. The van der Waals surface area contributed by atoms with E-state index in [-0.39, 0.29) is 12.6 Å². The Kier molecular flexibility index (Phi) is 4.44. The largest absolute Gasteiger partial charge is 0.481 e. The lowest BCUT2D eigenvalue weighted by Crippen LogP contribution is -2.43. The van der Waals surface area contributed by atoms with Crippen molar-refractivity contribution in [1.82, 2.24) is 14.5 Å². The lowest BCUT2D eigenvalue weighted by atomic mass is 10.0. The zero-order valence-corrected chi connectivity index (χ0v) is 11.8. The molecule has 2 unspecified atom stereocenters. The van der Waals surface area contributed by atoms with E-state index in [4.69, 9.17) is 16.3 Å². The fourth-order valence-corrected chi connectivity index (χ4v) is 2.50. The molecule has 2 rings (SSSR count). The summed E-state index contributed by atoms with van der Waals surface area (Å²) in [5.74, 6) is -0.461. The SMILES string of the molecule is CCN(Cc1ncc(Cl)n1C)C1COCC1C(=O)O. The van der Waals surface area contributed by atoms with Crippen molar-refractivity contribution in [3.63, 3.8) is 0 Å². The van der Waals surface area contributed by atoms with Gasteiger partial charge in [-0.25, -0.2) is 4.98 Å². The second-order valence-electron chi connectivity index (χ2n) is 4.67. The summed E-state index contributed by atoms with van der Waals surface area (Å²) in [7, 11) is 1.85. The third-order valence-corrected chi connectivity index (χ3v) is 3.97. The summed E-state index contributed by atoms with van der Waals surface area (Å²) in [6.07, 6.45) is 1.60. The Bertz CT molecular complexity index is 463. The monoisotopic (exact) mass is 287 g/mol. The van der Waals surface area contributed by atoms with Crippen molar-refractivity contribution >= 4 is 17.6 Å².